The maximum Gasteiger partial charge on any atom is 0.325 e. The molecule has 26 heavy (non-hydrogen) atoms. The van der Waals surface area contributed by atoms with Crippen LogP contribution in [0.15, 0.2) is 48.5 Å². The summed E-state index contributed by atoms with van der Waals surface area (Å²) in [5.41, 5.74) is 2.31. The summed E-state index contributed by atoms with van der Waals surface area (Å²) in [5, 5.41) is 12.0. The number of nitrogens with zero attached hydrogens (tertiary/aromatic N) is 2. The Balaban J connectivity index is 2.17. The van der Waals surface area contributed by atoms with E-state index in [4.69, 9.17) is 5.26 Å². The summed E-state index contributed by atoms with van der Waals surface area (Å²) in [6.07, 6.45) is 0. The molecule has 0 aliphatic carbocycles. The number of hydrogen-bond donors (Lipinski definition) is 1. The molecule has 132 valence electrons. The fourth-order valence-corrected chi connectivity index (χ4v) is 3.28. The predicted octanol–water partition coefficient (Wildman–Crippen LogP) is 3.26. The van der Waals surface area contributed by atoms with Gasteiger partial charge in [-0.25, -0.2) is 4.79 Å². The number of carbonyl (C=O) groups excluding carboxylic acids is 2. The number of nitriles is 1. The molecule has 1 N–H and O–H groups in total. The van der Waals surface area contributed by atoms with Gasteiger partial charge in [-0.3, -0.25) is 9.69 Å². The second-order valence-electron chi connectivity index (χ2n) is 6.79. The normalized spacial score (nSPS) is 20.6. The molecular formula is C21H21N3O2. The van der Waals surface area contributed by atoms with Gasteiger partial charge in [-0.15, -0.1) is 0 Å². The third kappa shape index (κ3) is 2.74. The number of carbonyl (C=O) groups is 2. The molecule has 2 aromatic rings. The van der Waals surface area contributed by atoms with Crippen molar-refractivity contribution >= 4 is 11.9 Å². The van der Waals surface area contributed by atoms with Crippen molar-refractivity contribution in [1.82, 2.24) is 10.2 Å². The van der Waals surface area contributed by atoms with E-state index in [9.17, 15) is 9.59 Å². The first-order valence-electron chi connectivity index (χ1n) is 8.57. The molecule has 0 bridgehead atoms. The molecule has 1 aliphatic heterocycles. The van der Waals surface area contributed by atoms with E-state index >= 15 is 0 Å². The Bertz CT molecular complexity index is 901. The average molecular weight is 347 g/mol. The molecule has 2 atom stereocenters. The SMILES string of the molecule is Cc1ccc([C@@]2(c3ccccc3)NC(=O)N(C[C@H](C)C#N)C2=O)cc1C. The Hall–Kier alpha value is -3.13. The Morgan fingerprint density at radius 3 is 2.38 bits per heavy atom. The number of hydrogen-bond acceptors (Lipinski definition) is 3. The number of nitrogens with one attached hydrogen (secondary N) is 1. The standard InChI is InChI=1S/C21H21N3O2/c1-14(12-22)13-24-19(25)21(23-20(24)26,17-7-5-4-6-8-17)18-10-9-15(2)16(3)11-18/h4-11,14H,13H2,1-3H3,(H,23,26)/t14-,21-/m1/s1. The summed E-state index contributed by atoms with van der Waals surface area (Å²) in [6.45, 7) is 5.75. The highest BCUT2D eigenvalue weighted by molar-refractivity contribution is 6.09. The van der Waals surface area contributed by atoms with E-state index in [0.29, 0.717) is 5.56 Å². The lowest BCUT2D eigenvalue weighted by Gasteiger charge is -2.28. The van der Waals surface area contributed by atoms with Crippen LogP contribution in [-0.2, 0) is 10.3 Å². The van der Waals surface area contributed by atoms with E-state index in [0.717, 1.165) is 21.6 Å². The van der Waals surface area contributed by atoms with E-state index in [1.165, 1.54) is 0 Å². The number of benzene rings is 2. The smallest absolute Gasteiger partial charge is 0.315 e. The molecule has 0 radical (unpaired) electrons. The van der Waals surface area contributed by atoms with Gasteiger partial charge in [-0.1, -0.05) is 48.5 Å². The van der Waals surface area contributed by atoms with Gasteiger partial charge in [0.25, 0.3) is 5.91 Å². The Kier molecular flexibility index (Phi) is 4.52. The highest BCUT2D eigenvalue weighted by atomic mass is 16.2. The van der Waals surface area contributed by atoms with Crippen molar-refractivity contribution in [1.29, 1.82) is 5.26 Å². The zero-order chi connectivity index (χ0) is 18.9. The lowest BCUT2D eigenvalue weighted by Crippen LogP contribution is -2.45. The lowest BCUT2D eigenvalue weighted by atomic mass is 9.81. The summed E-state index contributed by atoms with van der Waals surface area (Å²) in [6, 6.07) is 16.6. The Morgan fingerprint density at radius 1 is 1.08 bits per heavy atom. The van der Waals surface area contributed by atoms with Crippen molar-refractivity contribution < 1.29 is 9.59 Å². The van der Waals surface area contributed by atoms with Crippen LogP contribution in [0.1, 0.15) is 29.2 Å². The first-order chi connectivity index (χ1) is 12.4. The molecule has 0 spiro atoms. The van der Waals surface area contributed by atoms with Gasteiger partial charge in [-0.2, -0.15) is 5.26 Å². The molecule has 3 amide bonds. The molecule has 1 heterocycles. The summed E-state index contributed by atoms with van der Waals surface area (Å²) < 4.78 is 0. The largest absolute Gasteiger partial charge is 0.325 e. The van der Waals surface area contributed by atoms with Crippen LogP contribution in [0.25, 0.3) is 0 Å². The quantitative estimate of drug-likeness (QED) is 0.863. The van der Waals surface area contributed by atoms with Crippen LogP contribution in [0.2, 0.25) is 0 Å². The van der Waals surface area contributed by atoms with Gasteiger partial charge >= 0.3 is 6.03 Å². The first-order valence-corrected chi connectivity index (χ1v) is 8.57. The second-order valence-corrected chi connectivity index (χ2v) is 6.79. The monoisotopic (exact) mass is 347 g/mol. The molecule has 1 aliphatic rings. The van der Waals surface area contributed by atoms with Crippen LogP contribution >= 0.6 is 0 Å². The number of urea groups is 1. The van der Waals surface area contributed by atoms with Gasteiger partial charge in [0.05, 0.1) is 12.0 Å². The van der Waals surface area contributed by atoms with E-state index in [1.807, 2.05) is 62.4 Å². The van der Waals surface area contributed by atoms with Crippen LogP contribution in [0.5, 0.6) is 0 Å². The minimum absolute atomic E-state index is 0.0700. The summed E-state index contributed by atoms with van der Waals surface area (Å²) in [5.74, 6) is -0.782. The van der Waals surface area contributed by atoms with Crippen LogP contribution in [0, 0.1) is 31.1 Å². The van der Waals surface area contributed by atoms with Crippen LogP contribution in [0.4, 0.5) is 4.79 Å². The van der Waals surface area contributed by atoms with Gasteiger partial charge in [0.1, 0.15) is 0 Å². The topological polar surface area (TPSA) is 73.2 Å². The predicted molar refractivity (Wildman–Crippen MR) is 98.2 cm³/mol. The zero-order valence-electron chi connectivity index (χ0n) is 15.1. The second kappa shape index (κ2) is 6.64. The third-order valence-electron chi connectivity index (χ3n) is 4.93. The Morgan fingerprint density at radius 2 is 1.77 bits per heavy atom. The van der Waals surface area contributed by atoms with E-state index in [-0.39, 0.29) is 12.5 Å². The molecule has 3 rings (SSSR count). The van der Waals surface area contributed by atoms with E-state index in [1.54, 1.807) is 6.92 Å². The van der Waals surface area contributed by atoms with Gasteiger partial charge in [0, 0.05) is 6.54 Å². The highest BCUT2D eigenvalue weighted by Gasteiger charge is 2.53. The zero-order valence-corrected chi connectivity index (χ0v) is 15.1. The number of amides is 3. The maximum absolute atomic E-state index is 13.4. The maximum atomic E-state index is 13.4. The van der Waals surface area contributed by atoms with Crippen LogP contribution < -0.4 is 5.32 Å². The number of rotatable bonds is 4. The first kappa shape index (κ1) is 17.7. The molecule has 5 nitrogen and oxygen atoms in total. The summed E-state index contributed by atoms with van der Waals surface area (Å²) in [4.78, 5) is 27.2. The van der Waals surface area contributed by atoms with Gasteiger partial charge in [-0.05, 0) is 43.0 Å². The van der Waals surface area contributed by atoms with Crippen molar-refractivity contribution in [2.24, 2.45) is 5.92 Å². The van der Waals surface area contributed by atoms with Crippen molar-refractivity contribution in [3.05, 3.63) is 70.8 Å². The van der Waals surface area contributed by atoms with Crippen molar-refractivity contribution in [3.63, 3.8) is 0 Å². The minimum atomic E-state index is -1.27. The Labute approximate surface area is 153 Å². The van der Waals surface area contributed by atoms with Crippen molar-refractivity contribution in [2.75, 3.05) is 6.54 Å². The molecule has 0 saturated carbocycles. The molecular weight excluding hydrogens is 326 g/mol. The molecule has 0 aromatic heterocycles. The third-order valence-corrected chi connectivity index (χ3v) is 4.93. The average Bonchev–Trinajstić information content (AvgIpc) is 2.90. The summed E-state index contributed by atoms with van der Waals surface area (Å²) >= 11 is 0. The van der Waals surface area contributed by atoms with Crippen LogP contribution in [0.3, 0.4) is 0 Å². The molecule has 0 unspecified atom stereocenters. The van der Waals surface area contributed by atoms with E-state index < -0.39 is 17.5 Å². The minimum Gasteiger partial charge on any atom is -0.315 e. The molecule has 5 heteroatoms. The van der Waals surface area contributed by atoms with Crippen molar-refractivity contribution in [3.8, 4) is 6.07 Å². The molecule has 2 aromatic carbocycles. The van der Waals surface area contributed by atoms with E-state index in [2.05, 4.69) is 11.4 Å². The van der Waals surface area contributed by atoms with Crippen LogP contribution in [-0.4, -0.2) is 23.4 Å². The molecule has 1 fully saturated rings. The lowest BCUT2D eigenvalue weighted by molar-refractivity contribution is -0.130. The van der Waals surface area contributed by atoms with Gasteiger partial charge in [0.15, 0.2) is 5.54 Å². The van der Waals surface area contributed by atoms with Gasteiger partial charge < -0.3 is 5.32 Å². The number of imide groups is 1. The van der Waals surface area contributed by atoms with Gasteiger partial charge in [0.2, 0.25) is 0 Å². The summed E-state index contributed by atoms with van der Waals surface area (Å²) in [7, 11) is 0. The molecule has 1 saturated heterocycles. The van der Waals surface area contributed by atoms with Crippen molar-refractivity contribution in [2.45, 2.75) is 26.3 Å². The fraction of sp³-hybridized carbons (Fsp3) is 0.286. The fourth-order valence-electron chi connectivity index (χ4n) is 3.28. The number of aryl methyl sites for hydroxylation is 2. The highest BCUT2D eigenvalue weighted by Crippen LogP contribution is 2.37.